The number of carbonyl (C=O) groups excluding carboxylic acids is 3. The van der Waals surface area contributed by atoms with Crippen LogP contribution in [0.5, 0.6) is 0 Å². The van der Waals surface area contributed by atoms with Crippen molar-refractivity contribution in [2.75, 3.05) is 18.0 Å². The van der Waals surface area contributed by atoms with Crippen LogP contribution >= 0.6 is 0 Å². The number of hydrogen-bond donors (Lipinski definition) is 1. The first kappa shape index (κ1) is 22.1. The fourth-order valence-electron chi connectivity index (χ4n) is 4.54. The summed E-state index contributed by atoms with van der Waals surface area (Å²) in [6.07, 6.45) is 1.94. The van der Waals surface area contributed by atoms with Gasteiger partial charge in [0.2, 0.25) is 11.8 Å². The molecule has 1 atom stereocenters. The van der Waals surface area contributed by atoms with E-state index in [1.54, 1.807) is 7.05 Å². The molecule has 0 saturated carbocycles. The molecule has 9 heteroatoms. The third kappa shape index (κ3) is 4.16. The maximum atomic E-state index is 12.9. The van der Waals surface area contributed by atoms with Crippen molar-refractivity contribution in [2.24, 2.45) is 13.0 Å². The van der Waals surface area contributed by atoms with Crippen molar-refractivity contribution in [3.05, 3.63) is 28.7 Å². The van der Waals surface area contributed by atoms with Gasteiger partial charge in [-0.15, -0.1) is 0 Å². The van der Waals surface area contributed by atoms with E-state index >= 15 is 0 Å². The van der Waals surface area contributed by atoms with E-state index in [9.17, 15) is 19.2 Å². The van der Waals surface area contributed by atoms with Crippen LogP contribution in [0.15, 0.2) is 23.0 Å². The molecule has 9 nitrogen and oxygen atoms in total. The van der Waals surface area contributed by atoms with E-state index in [-0.39, 0.29) is 29.9 Å². The van der Waals surface area contributed by atoms with E-state index in [0.29, 0.717) is 24.8 Å². The van der Waals surface area contributed by atoms with Crippen molar-refractivity contribution >= 4 is 34.5 Å². The summed E-state index contributed by atoms with van der Waals surface area (Å²) in [7, 11) is 1.69. The molecule has 0 aliphatic carbocycles. The summed E-state index contributed by atoms with van der Waals surface area (Å²) < 4.78 is 8.55. The molecule has 1 N–H and O–H groups in total. The number of imide groups is 1. The number of piperidine rings is 2. The number of carbonyl (C=O) groups is 3. The molecule has 2 aliphatic rings. The second kappa shape index (κ2) is 8.11. The van der Waals surface area contributed by atoms with Crippen LogP contribution in [0, 0.1) is 5.92 Å². The number of imidazole rings is 1. The number of fused-ring (bicyclic) bond motifs is 1. The lowest BCUT2D eigenvalue weighted by Gasteiger charge is -2.34. The minimum Gasteiger partial charge on any atom is -0.460 e. The van der Waals surface area contributed by atoms with Crippen LogP contribution in [-0.2, 0) is 26.2 Å². The molecule has 32 heavy (non-hydrogen) atoms. The molecule has 2 amide bonds. The average Bonchev–Trinajstić information content (AvgIpc) is 2.97. The zero-order valence-electron chi connectivity index (χ0n) is 19.0. The third-order valence-electron chi connectivity index (χ3n) is 6.19. The second-order valence-electron chi connectivity index (χ2n) is 9.65. The van der Waals surface area contributed by atoms with Gasteiger partial charge < -0.3 is 9.64 Å². The normalized spacial score (nSPS) is 20.5. The molecular formula is C23H30N4O5. The minimum atomic E-state index is -0.695. The molecule has 0 radical (unpaired) electrons. The zero-order valence-corrected chi connectivity index (χ0v) is 19.0. The molecule has 4 rings (SSSR count). The Kier molecular flexibility index (Phi) is 5.60. The lowest BCUT2D eigenvalue weighted by Crippen LogP contribution is -2.44. The standard InChI is InChI=1S/C23H30N4O5/c1-23(2,3)32-21(30)14-9-11-26(12-10-14)15-5-6-16-18(13-15)25(4)22(31)27(16)17-7-8-19(28)24-20(17)29/h5-6,13-14,17H,7-12H2,1-4H3,(H,24,28,29). The van der Waals surface area contributed by atoms with Crippen LogP contribution in [0.25, 0.3) is 11.0 Å². The molecule has 1 aromatic heterocycles. The lowest BCUT2D eigenvalue weighted by atomic mass is 9.96. The molecule has 3 heterocycles. The topological polar surface area (TPSA) is 103 Å². The molecule has 2 aliphatic heterocycles. The summed E-state index contributed by atoms with van der Waals surface area (Å²) in [5, 5.41) is 2.33. The Hall–Kier alpha value is -3.10. The predicted octanol–water partition coefficient (Wildman–Crippen LogP) is 1.88. The summed E-state index contributed by atoms with van der Waals surface area (Å²) in [6, 6.07) is 5.06. The van der Waals surface area contributed by atoms with Gasteiger partial charge in [-0.05, 0) is 58.2 Å². The highest BCUT2D eigenvalue weighted by molar-refractivity contribution is 6.00. The van der Waals surface area contributed by atoms with Gasteiger partial charge in [0.25, 0.3) is 0 Å². The highest BCUT2D eigenvalue weighted by atomic mass is 16.6. The largest absolute Gasteiger partial charge is 0.460 e. The van der Waals surface area contributed by atoms with Gasteiger partial charge in [-0.1, -0.05) is 0 Å². The Bertz CT molecular complexity index is 1130. The molecule has 2 fully saturated rings. The van der Waals surface area contributed by atoms with Gasteiger partial charge in [0.1, 0.15) is 11.6 Å². The Morgan fingerprint density at radius 1 is 1.06 bits per heavy atom. The number of nitrogens with one attached hydrogen (secondary N) is 1. The number of aryl methyl sites for hydroxylation is 1. The van der Waals surface area contributed by atoms with Gasteiger partial charge >= 0.3 is 11.7 Å². The van der Waals surface area contributed by atoms with Crippen molar-refractivity contribution in [1.82, 2.24) is 14.5 Å². The lowest BCUT2D eigenvalue weighted by molar-refractivity contribution is -0.160. The minimum absolute atomic E-state index is 0.104. The number of ether oxygens (including phenoxy) is 1. The van der Waals surface area contributed by atoms with E-state index < -0.39 is 17.6 Å². The monoisotopic (exact) mass is 442 g/mol. The molecule has 0 bridgehead atoms. The number of aromatic nitrogens is 2. The Morgan fingerprint density at radius 2 is 1.75 bits per heavy atom. The van der Waals surface area contributed by atoms with Crippen LogP contribution in [0.1, 0.15) is 52.5 Å². The zero-order chi connectivity index (χ0) is 23.2. The third-order valence-corrected chi connectivity index (χ3v) is 6.19. The summed E-state index contributed by atoms with van der Waals surface area (Å²) in [5.41, 5.74) is 1.59. The SMILES string of the molecule is Cn1c(=O)n(C2CCC(=O)NC2=O)c2ccc(N3CCC(C(=O)OC(C)(C)C)CC3)cc21. The van der Waals surface area contributed by atoms with Gasteiger partial charge in [0, 0.05) is 32.2 Å². The highest BCUT2D eigenvalue weighted by Gasteiger charge is 2.32. The number of benzene rings is 1. The van der Waals surface area contributed by atoms with E-state index in [4.69, 9.17) is 4.74 Å². The van der Waals surface area contributed by atoms with E-state index in [2.05, 4.69) is 10.2 Å². The molecule has 2 aromatic rings. The Morgan fingerprint density at radius 3 is 2.38 bits per heavy atom. The molecule has 0 spiro atoms. The summed E-state index contributed by atoms with van der Waals surface area (Å²) >= 11 is 0. The summed E-state index contributed by atoms with van der Waals surface area (Å²) in [5.74, 6) is -0.996. The molecule has 172 valence electrons. The van der Waals surface area contributed by atoms with E-state index in [1.807, 2.05) is 39.0 Å². The first-order valence-electron chi connectivity index (χ1n) is 11.1. The van der Waals surface area contributed by atoms with Gasteiger partial charge in [-0.3, -0.25) is 28.8 Å². The first-order chi connectivity index (χ1) is 15.0. The molecule has 1 unspecified atom stereocenters. The highest BCUT2D eigenvalue weighted by Crippen LogP contribution is 2.29. The molecular weight excluding hydrogens is 412 g/mol. The number of amides is 2. The van der Waals surface area contributed by atoms with Crippen LogP contribution in [0.2, 0.25) is 0 Å². The van der Waals surface area contributed by atoms with Crippen molar-refractivity contribution in [3.8, 4) is 0 Å². The van der Waals surface area contributed by atoms with Crippen molar-refractivity contribution in [1.29, 1.82) is 0 Å². The maximum absolute atomic E-state index is 12.9. The van der Waals surface area contributed by atoms with Crippen molar-refractivity contribution in [2.45, 2.75) is 58.1 Å². The number of nitrogens with zero attached hydrogens (tertiary/aromatic N) is 3. The number of rotatable bonds is 3. The van der Waals surface area contributed by atoms with Crippen LogP contribution in [0.4, 0.5) is 5.69 Å². The number of esters is 1. The molecule has 1 aromatic carbocycles. The second-order valence-corrected chi connectivity index (χ2v) is 9.65. The van der Waals surface area contributed by atoms with Crippen LogP contribution < -0.4 is 15.9 Å². The van der Waals surface area contributed by atoms with Gasteiger partial charge in [0.05, 0.1) is 17.0 Å². The molecule has 2 saturated heterocycles. The average molecular weight is 443 g/mol. The Labute approximate surface area is 186 Å². The maximum Gasteiger partial charge on any atom is 0.329 e. The first-order valence-corrected chi connectivity index (χ1v) is 11.1. The fourth-order valence-corrected chi connectivity index (χ4v) is 4.54. The van der Waals surface area contributed by atoms with Gasteiger partial charge in [0.15, 0.2) is 0 Å². The van der Waals surface area contributed by atoms with Crippen molar-refractivity contribution < 1.29 is 19.1 Å². The van der Waals surface area contributed by atoms with Crippen LogP contribution in [-0.4, -0.2) is 45.6 Å². The summed E-state index contributed by atoms with van der Waals surface area (Å²) in [4.78, 5) is 51.4. The fraction of sp³-hybridized carbons (Fsp3) is 0.565. The van der Waals surface area contributed by atoms with Gasteiger partial charge in [-0.25, -0.2) is 4.79 Å². The number of anilines is 1. The smallest absolute Gasteiger partial charge is 0.329 e. The quantitative estimate of drug-likeness (QED) is 0.575. The van der Waals surface area contributed by atoms with Crippen molar-refractivity contribution in [3.63, 3.8) is 0 Å². The predicted molar refractivity (Wildman–Crippen MR) is 119 cm³/mol. The summed E-state index contributed by atoms with van der Waals surface area (Å²) in [6.45, 7) is 7.07. The Balaban J connectivity index is 1.55. The number of hydrogen-bond acceptors (Lipinski definition) is 6. The van der Waals surface area contributed by atoms with E-state index in [0.717, 1.165) is 24.3 Å². The van der Waals surface area contributed by atoms with Gasteiger partial charge in [-0.2, -0.15) is 0 Å². The van der Waals surface area contributed by atoms with Crippen LogP contribution in [0.3, 0.4) is 0 Å². The van der Waals surface area contributed by atoms with E-state index in [1.165, 1.54) is 9.13 Å².